The second-order valence-electron chi connectivity index (χ2n) is 9.64. The van der Waals surface area contributed by atoms with E-state index in [0.717, 1.165) is 51.1 Å². The summed E-state index contributed by atoms with van der Waals surface area (Å²) in [4.78, 5) is 25.1. The maximum atomic E-state index is 11.2. The number of hydrogen-bond acceptors (Lipinski definition) is 6. The molecule has 1 unspecified atom stereocenters. The Morgan fingerprint density at radius 1 is 1.14 bits per heavy atom. The lowest BCUT2D eigenvalue weighted by molar-refractivity contribution is -0.118. The van der Waals surface area contributed by atoms with Gasteiger partial charge in [-0.15, -0.1) is 0 Å². The molecule has 2 aliphatic rings. The molecule has 35 heavy (non-hydrogen) atoms. The molecule has 190 valence electrons. The first kappa shape index (κ1) is 26.3. The van der Waals surface area contributed by atoms with Gasteiger partial charge in [-0.25, -0.2) is 4.98 Å². The van der Waals surface area contributed by atoms with Gasteiger partial charge < -0.3 is 20.9 Å². The van der Waals surface area contributed by atoms with Gasteiger partial charge in [0.15, 0.2) is 5.82 Å². The van der Waals surface area contributed by atoms with Gasteiger partial charge in [-0.1, -0.05) is 40.9 Å². The lowest BCUT2D eigenvalue weighted by Crippen LogP contribution is -2.43. The quantitative estimate of drug-likeness (QED) is 0.466. The third-order valence-corrected chi connectivity index (χ3v) is 8.06. The molecule has 0 radical (unpaired) electrons. The van der Waals surface area contributed by atoms with Crippen LogP contribution in [-0.4, -0.2) is 53.5 Å². The number of hydrogen-bond donors (Lipinski definition) is 2. The third kappa shape index (κ3) is 6.91. The van der Waals surface area contributed by atoms with E-state index in [1.165, 1.54) is 12.8 Å². The number of primary amides is 1. The molecule has 10 heteroatoms. The maximum Gasteiger partial charge on any atom is 0.227 e. The topological polar surface area (TPSA) is 87.4 Å². The molecule has 3 N–H and O–H groups in total. The van der Waals surface area contributed by atoms with Crippen molar-refractivity contribution in [2.24, 2.45) is 17.6 Å². The van der Waals surface area contributed by atoms with Crippen LogP contribution in [0.2, 0.25) is 15.1 Å². The van der Waals surface area contributed by atoms with Gasteiger partial charge in [0.2, 0.25) is 11.9 Å². The first-order valence-corrected chi connectivity index (χ1v) is 13.4. The Bertz CT molecular complexity index is 1030. The van der Waals surface area contributed by atoms with Gasteiger partial charge >= 0.3 is 0 Å². The molecule has 0 saturated carbocycles. The molecule has 3 heterocycles. The third-order valence-electron chi connectivity index (χ3n) is 7.22. The van der Waals surface area contributed by atoms with E-state index in [9.17, 15) is 4.79 Å². The fraction of sp³-hybridized carbons (Fsp3) is 0.560. The van der Waals surface area contributed by atoms with Crippen molar-refractivity contribution in [3.05, 3.63) is 45.0 Å². The predicted octanol–water partition coefficient (Wildman–Crippen LogP) is 5.41. The molecule has 0 spiro atoms. The minimum atomic E-state index is -0.220. The fourth-order valence-corrected chi connectivity index (χ4v) is 5.98. The van der Waals surface area contributed by atoms with Crippen LogP contribution >= 0.6 is 34.8 Å². The number of amides is 1. The summed E-state index contributed by atoms with van der Waals surface area (Å²) in [6.07, 6.45) is 6.77. The van der Waals surface area contributed by atoms with Crippen LogP contribution in [0.4, 0.5) is 11.8 Å². The van der Waals surface area contributed by atoms with Gasteiger partial charge in [0.05, 0.1) is 12.2 Å². The second kappa shape index (κ2) is 12.0. The van der Waals surface area contributed by atoms with E-state index in [4.69, 9.17) is 45.5 Å². The number of piperidine rings is 2. The number of carbonyl (C=O) groups excluding carboxylic acids is 1. The number of anilines is 2. The summed E-state index contributed by atoms with van der Waals surface area (Å²) in [5.41, 5.74) is 6.26. The Kier molecular flexibility index (Phi) is 8.97. The van der Waals surface area contributed by atoms with Crippen molar-refractivity contribution >= 4 is 52.5 Å². The first-order chi connectivity index (χ1) is 16.8. The molecule has 7 nitrogen and oxygen atoms in total. The smallest absolute Gasteiger partial charge is 0.227 e. The van der Waals surface area contributed by atoms with Gasteiger partial charge in [-0.05, 0) is 68.7 Å². The Hall–Kier alpha value is -1.80. The summed E-state index contributed by atoms with van der Waals surface area (Å²) in [6.45, 7) is 6.75. The highest BCUT2D eigenvalue weighted by Gasteiger charge is 2.31. The molecule has 0 bridgehead atoms. The highest BCUT2D eigenvalue weighted by molar-refractivity contribution is 6.35. The van der Waals surface area contributed by atoms with E-state index in [-0.39, 0.29) is 11.9 Å². The van der Waals surface area contributed by atoms with E-state index in [0.29, 0.717) is 45.1 Å². The number of nitrogens with zero attached hydrogens (tertiary/aromatic N) is 4. The van der Waals surface area contributed by atoms with Crippen molar-refractivity contribution in [1.82, 2.24) is 14.9 Å². The molecule has 2 fully saturated rings. The Morgan fingerprint density at radius 2 is 1.91 bits per heavy atom. The summed E-state index contributed by atoms with van der Waals surface area (Å²) in [7, 11) is 0. The number of likely N-dealkylation sites (tertiary alicyclic amines) is 1. The van der Waals surface area contributed by atoms with Gasteiger partial charge in [0.25, 0.3) is 0 Å². The number of nitrogens with one attached hydrogen (secondary N) is 1. The van der Waals surface area contributed by atoms with Gasteiger partial charge in [0.1, 0.15) is 5.02 Å². The van der Waals surface area contributed by atoms with Crippen molar-refractivity contribution < 1.29 is 4.79 Å². The normalized spacial score (nSPS) is 20.6. The molecule has 2 atom stereocenters. The van der Waals surface area contributed by atoms with E-state index in [2.05, 4.69) is 20.1 Å². The van der Waals surface area contributed by atoms with Crippen molar-refractivity contribution in [2.75, 3.05) is 42.9 Å². The van der Waals surface area contributed by atoms with Crippen molar-refractivity contribution in [1.29, 1.82) is 0 Å². The number of benzene rings is 1. The Labute approximate surface area is 222 Å². The molecule has 2 aromatic rings. The molecule has 0 aliphatic carbocycles. The molecular weight excluding hydrogens is 507 g/mol. The molecular formula is C25H33Cl3N6O. The van der Waals surface area contributed by atoms with Crippen LogP contribution in [0.15, 0.2) is 24.4 Å². The summed E-state index contributed by atoms with van der Waals surface area (Å²) >= 11 is 18.8. The van der Waals surface area contributed by atoms with Crippen LogP contribution in [0.5, 0.6) is 0 Å². The lowest BCUT2D eigenvalue weighted by atomic mass is 9.79. The monoisotopic (exact) mass is 538 g/mol. The summed E-state index contributed by atoms with van der Waals surface area (Å²) in [5, 5.41) is 5.05. The predicted molar refractivity (Wildman–Crippen MR) is 143 cm³/mol. The van der Waals surface area contributed by atoms with Gasteiger partial charge in [-0.2, -0.15) is 4.98 Å². The van der Waals surface area contributed by atoms with E-state index < -0.39 is 0 Å². The minimum absolute atomic E-state index is 0.102. The van der Waals surface area contributed by atoms with Crippen LogP contribution < -0.4 is 16.0 Å². The number of rotatable bonds is 8. The van der Waals surface area contributed by atoms with E-state index in [1.54, 1.807) is 12.3 Å². The van der Waals surface area contributed by atoms with Crippen LogP contribution in [0.25, 0.3) is 0 Å². The number of aromatic nitrogens is 2. The van der Waals surface area contributed by atoms with Crippen molar-refractivity contribution in [2.45, 2.75) is 45.1 Å². The SMILES string of the molecule is C[C@@H](Nc1nc(N2CCC(C3CCCN(CCC(N)=O)C3)CC2)ncc1Cl)c1ccc(Cl)cc1Cl. The van der Waals surface area contributed by atoms with E-state index >= 15 is 0 Å². The molecule has 1 amide bonds. The molecule has 2 saturated heterocycles. The molecule has 4 rings (SSSR count). The second-order valence-corrected chi connectivity index (χ2v) is 10.9. The zero-order chi connectivity index (χ0) is 24.9. The number of carbonyl (C=O) groups is 1. The zero-order valence-corrected chi connectivity index (χ0v) is 22.3. The standard InChI is InChI=1S/C25H33Cl3N6O/c1-16(20-5-4-19(26)13-21(20)27)31-24-22(28)14-30-25(32-24)34-11-6-17(7-12-34)18-3-2-9-33(15-18)10-8-23(29)35/h4-5,13-14,16-18H,2-3,6-12,15H2,1H3,(H2,29,35)(H,30,31,32)/t16-,18?/m1/s1. The summed E-state index contributed by atoms with van der Waals surface area (Å²) < 4.78 is 0. The summed E-state index contributed by atoms with van der Waals surface area (Å²) in [6, 6.07) is 5.36. The average Bonchev–Trinajstić information content (AvgIpc) is 2.84. The largest absolute Gasteiger partial charge is 0.370 e. The van der Waals surface area contributed by atoms with Crippen LogP contribution in [0.3, 0.4) is 0 Å². The minimum Gasteiger partial charge on any atom is -0.370 e. The average molecular weight is 540 g/mol. The molecule has 1 aromatic heterocycles. The number of halogens is 3. The zero-order valence-electron chi connectivity index (χ0n) is 20.0. The first-order valence-electron chi connectivity index (χ1n) is 12.3. The van der Waals surface area contributed by atoms with E-state index in [1.807, 2.05) is 19.1 Å². The number of nitrogens with two attached hydrogens (primary N) is 1. The van der Waals surface area contributed by atoms with Crippen LogP contribution in [0.1, 0.15) is 50.6 Å². The van der Waals surface area contributed by atoms with Gasteiger partial charge in [-0.3, -0.25) is 4.79 Å². The van der Waals surface area contributed by atoms with Crippen molar-refractivity contribution in [3.63, 3.8) is 0 Å². The Balaban J connectivity index is 1.35. The molecule has 1 aromatic carbocycles. The Morgan fingerprint density at radius 3 is 2.63 bits per heavy atom. The van der Waals surface area contributed by atoms with Crippen LogP contribution in [0, 0.1) is 11.8 Å². The fourth-order valence-electron chi connectivity index (χ4n) is 5.27. The van der Waals surface area contributed by atoms with Gasteiger partial charge in [0, 0.05) is 42.6 Å². The molecule has 2 aliphatic heterocycles. The maximum absolute atomic E-state index is 11.2. The lowest BCUT2D eigenvalue weighted by Gasteiger charge is -2.41. The highest BCUT2D eigenvalue weighted by atomic mass is 35.5. The van der Waals surface area contributed by atoms with Crippen molar-refractivity contribution in [3.8, 4) is 0 Å². The highest BCUT2D eigenvalue weighted by Crippen LogP contribution is 2.34. The summed E-state index contributed by atoms with van der Waals surface area (Å²) in [5.74, 6) is 2.42. The van der Waals surface area contributed by atoms with Crippen LogP contribution in [-0.2, 0) is 4.79 Å².